The predicted octanol–water partition coefficient (Wildman–Crippen LogP) is 5.54. The Hall–Kier alpha value is -3.93. The lowest BCUT2D eigenvalue weighted by molar-refractivity contribution is 0.0517. The van der Waals surface area contributed by atoms with E-state index < -0.39 is 0 Å². The fourth-order valence-corrected chi connectivity index (χ4v) is 2.87. The third-order valence-corrected chi connectivity index (χ3v) is 4.39. The van der Waals surface area contributed by atoms with Gasteiger partial charge in [-0.3, -0.25) is 0 Å². The second-order valence-corrected chi connectivity index (χ2v) is 6.48. The predicted molar refractivity (Wildman–Crippen MR) is 122 cm³/mol. The highest BCUT2D eigenvalue weighted by Gasteiger charge is 2.11. The van der Waals surface area contributed by atoms with E-state index in [1.165, 1.54) is 0 Å². The minimum absolute atomic E-state index is 0.332. The summed E-state index contributed by atoms with van der Waals surface area (Å²) in [4.78, 5) is 30.2. The molecule has 0 saturated heterocycles. The van der Waals surface area contributed by atoms with Crippen LogP contribution in [0.1, 0.15) is 34.6 Å². The summed E-state index contributed by atoms with van der Waals surface area (Å²) in [6, 6.07) is 23.8. The maximum absolute atomic E-state index is 11.9. The summed E-state index contributed by atoms with van der Waals surface area (Å²) in [5, 5.41) is 0. The van der Waals surface area contributed by atoms with Crippen LogP contribution in [-0.4, -0.2) is 31.5 Å². The van der Waals surface area contributed by atoms with Gasteiger partial charge in [0.2, 0.25) is 0 Å². The average molecular weight is 416 g/mol. The number of nitrogens with zero attached hydrogens (tertiary/aromatic N) is 2. The Balaban J connectivity index is 1.85. The molecule has 6 heteroatoms. The summed E-state index contributed by atoms with van der Waals surface area (Å²) < 4.78 is 10.1. The zero-order valence-electron chi connectivity index (χ0n) is 17.5. The lowest BCUT2D eigenvalue weighted by Crippen LogP contribution is -2.14. The fraction of sp³-hybridized carbons (Fsp3) is 0.160. The van der Waals surface area contributed by atoms with E-state index in [2.05, 4.69) is 4.99 Å². The van der Waals surface area contributed by atoms with Crippen LogP contribution in [0.4, 0.5) is 17.1 Å². The molecule has 3 aromatic carbocycles. The second kappa shape index (κ2) is 10.7. The lowest BCUT2D eigenvalue weighted by Gasteiger charge is -2.20. The third-order valence-electron chi connectivity index (χ3n) is 4.39. The number of anilines is 2. The molecule has 0 unspecified atom stereocenters. The van der Waals surface area contributed by atoms with E-state index in [1.54, 1.807) is 56.6 Å². The molecule has 0 radical (unpaired) electrons. The van der Waals surface area contributed by atoms with Crippen molar-refractivity contribution in [1.82, 2.24) is 0 Å². The van der Waals surface area contributed by atoms with E-state index >= 15 is 0 Å². The largest absolute Gasteiger partial charge is 0.462 e. The maximum Gasteiger partial charge on any atom is 0.338 e. The summed E-state index contributed by atoms with van der Waals surface area (Å²) in [5.41, 5.74) is 3.42. The van der Waals surface area contributed by atoms with Crippen molar-refractivity contribution in [1.29, 1.82) is 0 Å². The van der Waals surface area contributed by atoms with Crippen LogP contribution in [0, 0.1) is 0 Å². The Bertz CT molecular complexity index is 1030. The molecule has 0 spiro atoms. The van der Waals surface area contributed by atoms with Crippen molar-refractivity contribution in [3.63, 3.8) is 0 Å². The summed E-state index contributed by atoms with van der Waals surface area (Å²) in [6.07, 6.45) is 1.70. The zero-order chi connectivity index (χ0) is 22.1. The number of para-hydroxylation sites is 1. The smallest absolute Gasteiger partial charge is 0.338 e. The maximum atomic E-state index is 11.9. The highest BCUT2D eigenvalue weighted by Crippen LogP contribution is 2.25. The molecule has 0 saturated carbocycles. The highest BCUT2D eigenvalue weighted by molar-refractivity contribution is 5.93. The summed E-state index contributed by atoms with van der Waals surface area (Å²) in [6.45, 7) is 4.21. The number of hydrogen-bond donors (Lipinski definition) is 0. The molecule has 0 aliphatic heterocycles. The van der Waals surface area contributed by atoms with Crippen LogP contribution in [0.2, 0.25) is 0 Å². The number of carbonyl (C=O) groups is 2. The van der Waals surface area contributed by atoms with Gasteiger partial charge in [-0.1, -0.05) is 18.2 Å². The summed E-state index contributed by atoms with van der Waals surface area (Å²) in [5.74, 6) is -0.707. The van der Waals surface area contributed by atoms with Gasteiger partial charge in [-0.15, -0.1) is 0 Å². The molecule has 0 fully saturated rings. The molecule has 0 bridgehead atoms. The average Bonchev–Trinajstić information content (AvgIpc) is 2.81. The molecular weight excluding hydrogens is 392 g/mol. The van der Waals surface area contributed by atoms with E-state index in [9.17, 15) is 9.59 Å². The Morgan fingerprint density at radius 2 is 1.23 bits per heavy atom. The quantitative estimate of drug-likeness (QED) is 0.274. The number of ether oxygens (including phenoxy) is 2. The SMILES string of the molecule is CCOC(=O)c1ccc(/N=C/N(c2ccccc2)c2ccc(C(=O)OCC)cc2)cc1. The van der Waals surface area contributed by atoms with E-state index in [-0.39, 0.29) is 11.9 Å². The standard InChI is InChI=1S/C25H24N2O4/c1-3-30-24(28)19-10-14-21(15-11-19)26-18-27(22-8-6-5-7-9-22)23-16-12-20(13-17-23)25(29)31-4-2/h5-18H,3-4H2,1-2H3/b26-18+. The second-order valence-electron chi connectivity index (χ2n) is 6.48. The number of benzene rings is 3. The van der Waals surface area contributed by atoms with Gasteiger partial charge in [-0.25, -0.2) is 14.6 Å². The van der Waals surface area contributed by atoms with Crippen LogP contribution in [0.25, 0.3) is 0 Å². The Labute approximate surface area is 181 Å². The van der Waals surface area contributed by atoms with Gasteiger partial charge in [0.1, 0.15) is 6.34 Å². The molecule has 0 atom stereocenters. The van der Waals surface area contributed by atoms with E-state index in [0.29, 0.717) is 30.0 Å². The first-order valence-corrected chi connectivity index (χ1v) is 10.0. The van der Waals surface area contributed by atoms with Crippen molar-refractivity contribution in [3.8, 4) is 0 Å². The van der Waals surface area contributed by atoms with Crippen molar-refractivity contribution in [2.75, 3.05) is 18.1 Å². The van der Waals surface area contributed by atoms with Crippen molar-refractivity contribution in [3.05, 3.63) is 90.0 Å². The molecule has 0 amide bonds. The van der Waals surface area contributed by atoms with Gasteiger partial charge in [0.05, 0.1) is 30.0 Å². The third kappa shape index (κ3) is 5.79. The number of aliphatic imine (C=N–C) groups is 1. The molecule has 0 aromatic heterocycles. The van der Waals surface area contributed by atoms with E-state index in [1.807, 2.05) is 47.4 Å². The van der Waals surface area contributed by atoms with Crippen molar-refractivity contribution < 1.29 is 19.1 Å². The molecule has 0 aliphatic rings. The molecule has 0 N–H and O–H groups in total. The first-order chi connectivity index (χ1) is 15.1. The molecule has 6 nitrogen and oxygen atoms in total. The Morgan fingerprint density at radius 3 is 1.74 bits per heavy atom. The minimum Gasteiger partial charge on any atom is -0.462 e. The monoisotopic (exact) mass is 416 g/mol. The van der Waals surface area contributed by atoms with Crippen LogP contribution in [0.3, 0.4) is 0 Å². The van der Waals surface area contributed by atoms with Gasteiger partial charge in [0, 0.05) is 11.4 Å². The van der Waals surface area contributed by atoms with Crippen molar-refractivity contribution in [2.45, 2.75) is 13.8 Å². The molecule has 3 aromatic rings. The van der Waals surface area contributed by atoms with Gasteiger partial charge >= 0.3 is 11.9 Å². The van der Waals surface area contributed by atoms with Crippen molar-refractivity contribution in [2.24, 2.45) is 4.99 Å². The molecule has 0 aliphatic carbocycles. The van der Waals surface area contributed by atoms with Gasteiger partial charge in [0.15, 0.2) is 0 Å². The molecule has 0 heterocycles. The van der Waals surface area contributed by atoms with Gasteiger partial charge in [-0.2, -0.15) is 0 Å². The van der Waals surface area contributed by atoms with Gasteiger partial charge in [0.25, 0.3) is 0 Å². The summed E-state index contributed by atoms with van der Waals surface area (Å²) in [7, 11) is 0. The first-order valence-electron chi connectivity index (χ1n) is 10.0. The zero-order valence-corrected chi connectivity index (χ0v) is 17.5. The highest BCUT2D eigenvalue weighted by atomic mass is 16.5. The van der Waals surface area contributed by atoms with Crippen LogP contribution < -0.4 is 4.90 Å². The topological polar surface area (TPSA) is 68.2 Å². The normalized spacial score (nSPS) is 10.6. The van der Waals surface area contributed by atoms with Crippen LogP contribution in [0.5, 0.6) is 0 Å². The minimum atomic E-state index is -0.356. The Kier molecular flexibility index (Phi) is 7.54. The van der Waals surface area contributed by atoms with Crippen LogP contribution in [-0.2, 0) is 9.47 Å². The first kappa shape index (κ1) is 21.8. The van der Waals surface area contributed by atoms with Crippen molar-refractivity contribution >= 4 is 35.3 Å². The number of rotatable bonds is 8. The lowest BCUT2D eigenvalue weighted by atomic mass is 10.2. The molecule has 3 rings (SSSR count). The van der Waals surface area contributed by atoms with Crippen LogP contribution in [0.15, 0.2) is 83.9 Å². The van der Waals surface area contributed by atoms with E-state index in [4.69, 9.17) is 9.47 Å². The van der Waals surface area contributed by atoms with E-state index in [0.717, 1.165) is 11.4 Å². The fourth-order valence-electron chi connectivity index (χ4n) is 2.87. The number of esters is 2. The molecule has 158 valence electrons. The Morgan fingerprint density at radius 1 is 0.742 bits per heavy atom. The molecule has 31 heavy (non-hydrogen) atoms. The van der Waals surface area contributed by atoms with Crippen LogP contribution >= 0.6 is 0 Å². The van der Waals surface area contributed by atoms with Gasteiger partial charge < -0.3 is 14.4 Å². The molecular formula is C25H24N2O4. The summed E-state index contributed by atoms with van der Waals surface area (Å²) >= 11 is 0. The number of hydrogen-bond acceptors (Lipinski definition) is 5. The van der Waals surface area contributed by atoms with Gasteiger partial charge in [-0.05, 0) is 74.5 Å². The number of carbonyl (C=O) groups excluding carboxylic acids is 2.